The molecule has 1 amide bonds. The zero-order valence-corrected chi connectivity index (χ0v) is 17.1. The zero-order valence-electron chi connectivity index (χ0n) is 17.1. The fourth-order valence-electron chi connectivity index (χ4n) is 3.48. The number of ether oxygens (including phenoxy) is 2. The summed E-state index contributed by atoms with van der Waals surface area (Å²) in [6.45, 7) is 8.70. The first-order valence-electron chi connectivity index (χ1n) is 9.84. The lowest BCUT2D eigenvalue weighted by molar-refractivity contribution is 0.0940. The van der Waals surface area contributed by atoms with Gasteiger partial charge in [-0.25, -0.2) is 0 Å². The normalized spacial score (nSPS) is 16.8. The summed E-state index contributed by atoms with van der Waals surface area (Å²) in [7, 11) is 1.67. The second-order valence-corrected chi connectivity index (χ2v) is 7.03. The third-order valence-corrected chi connectivity index (χ3v) is 5.08. The Morgan fingerprint density at radius 1 is 1.39 bits per heavy atom. The summed E-state index contributed by atoms with van der Waals surface area (Å²) in [6, 6.07) is 5.92. The first kappa shape index (κ1) is 20.2. The van der Waals surface area contributed by atoms with Gasteiger partial charge in [0.1, 0.15) is 28.9 Å². The molecule has 0 saturated heterocycles. The van der Waals surface area contributed by atoms with E-state index < -0.39 is 0 Å². The Bertz CT molecular complexity index is 818. The van der Waals surface area contributed by atoms with E-state index >= 15 is 0 Å². The van der Waals surface area contributed by atoms with Crippen molar-refractivity contribution in [2.45, 2.75) is 46.3 Å². The lowest BCUT2D eigenvalue weighted by Gasteiger charge is -2.23. The molecule has 1 aromatic carbocycles. The maximum Gasteiger partial charge on any atom is 0.256 e. The van der Waals surface area contributed by atoms with Crippen molar-refractivity contribution in [3.63, 3.8) is 0 Å². The van der Waals surface area contributed by atoms with E-state index in [2.05, 4.69) is 22.3 Å². The van der Waals surface area contributed by atoms with Gasteiger partial charge in [-0.05, 0) is 38.0 Å². The van der Waals surface area contributed by atoms with Gasteiger partial charge in [0.05, 0.1) is 12.8 Å². The monoisotopic (exact) mass is 387 g/mol. The Balaban J connectivity index is 1.64. The van der Waals surface area contributed by atoms with Gasteiger partial charge < -0.3 is 19.3 Å². The molecule has 0 bridgehead atoms. The van der Waals surface area contributed by atoms with Crippen LogP contribution in [0.2, 0.25) is 0 Å². The average Bonchev–Trinajstić information content (AvgIpc) is 2.98. The number of hydrogen-bond acceptors (Lipinski definition) is 6. The van der Waals surface area contributed by atoms with Crippen molar-refractivity contribution in [2.75, 3.05) is 26.7 Å². The molecule has 0 fully saturated rings. The molecule has 2 aromatic rings. The van der Waals surface area contributed by atoms with E-state index in [1.807, 2.05) is 25.1 Å². The van der Waals surface area contributed by atoms with Gasteiger partial charge in [0.25, 0.3) is 5.91 Å². The van der Waals surface area contributed by atoms with Crippen molar-refractivity contribution in [2.24, 2.45) is 0 Å². The molecule has 3 rings (SSSR count). The van der Waals surface area contributed by atoms with Crippen molar-refractivity contribution < 1.29 is 18.8 Å². The topological polar surface area (TPSA) is 76.8 Å². The molecule has 7 heteroatoms. The SMILES string of the molecule is CCc1noc(C)c1C(=O)NCCN1Cc2cc(OC)ccc2OC(CC)C1. The molecule has 152 valence electrons. The standard InChI is InChI=1S/C21H29N3O4/c1-5-16-13-24(12-15-11-17(26-4)7-8-19(15)27-16)10-9-22-21(25)20-14(3)28-23-18(20)6-2/h7-8,11,16H,5-6,9-10,12-13H2,1-4H3,(H,22,25). The number of amides is 1. The molecule has 0 aliphatic carbocycles. The minimum absolute atomic E-state index is 0.123. The first-order chi connectivity index (χ1) is 13.5. The molecule has 7 nitrogen and oxygen atoms in total. The van der Waals surface area contributed by atoms with Crippen LogP contribution >= 0.6 is 0 Å². The first-order valence-corrected chi connectivity index (χ1v) is 9.84. The number of nitrogens with one attached hydrogen (secondary N) is 1. The Labute approximate surface area is 166 Å². The molecule has 0 saturated carbocycles. The van der Waals surface area contributed by atoms with Crippen LogP contribution in [0.25, 0.3) is 0 Å². The maximum atomic E-state index is 12.5. The molecule has 1 N–H and O–H groups in total. The van der Waals surface area contributed by atoms with Gasteiger partial charge in [-0.3, -0.25) is 9.69 Å². The summed E-state index contributed by atoms with van der Waals surface area (Å²) >= 11 is 0. The Morgan fingerprint density at radius 3 is 2.93 bits per heavy atom. The molecule has 0 spiro atoms. The number of aryl methyl sites for hydroxylation is 2. The highest BCUT2D eigenvalue weighted by molar-refractivity contribution is 5.96. The molecule has 1 aliphatic heterocycles. The fourth-order valence-corrected chi connectivity index (χ4v) is 3.48. The van der Waals surface area contributed by atoms with Crippen LogP contribution in [0.1, 0.15) is 47.6 Å². The van der Waals surface area contributed by atoms with Crippen LogP contribution in [-0.4, -0.2) is 48.8 Å². The predicted octanol–water partition coefficient (Wildman–Crippen LogP) is 2.96. The van der Waals surface area contributed by atoms with E-state index in [1.54, 1.807) is 14.0 Å². The van der Waals surface area contributed by atoms with Crippen LogP contribution in [0.4, 0.5) is 0 Å². The van der Waals surface area contributed by atoms with Gasteiger partial charge in [-0.2, -0.15) is 0 Å². The van der Waals surface area contributed by atoms with Gasteiger partial charge in [0.2, 0.25) is 0 Å². The van der Waals surface area contributed by atoms with E-state index in [1.165, 1.54) is 0 Å². The Morgan fingerprint density at radius 2 is 2.21 bits per heavy atom. The van der Waals surface area contributed by atoms with Crippen LogP contribution in [0.3, 0.4) is 0 Å². The second-order valence-electron chi connectivity index (χ2n) is 7.03. The molecule has 1 atom stereocenters. The van der Waals surface area contributed by atoms with Crippen molar-refractivity contribution in [3.05, 3.63) is 40.8 Å². The number of carbonyl (C=O) groups is 1. The summed E-state index contributed by atoms with van der Waals surface area (Å²) in [4.78, 5) is 14.9. The van der Waals surface area contributed by atoms with E-state index in [4.69, 9.17) is 14.0 Å². The largest absolute Gasteiger partial charge is 0.497 e. The van der Waals surface area contributed by atoms with Gasteiger partial charge in [0.15, 0.2) is 0 Å². The number of carbonyl (C=O) groups excluding carboxylic acids is 1. The van der Waals surface area contributed by atoms with Crippen molar-refractivity contribution in [1.82, 2.24) is 15.4 Å². The fraction of sp³-hybridized carbons (Fsp3) is 0.524. The summed E-state index contributed by atoms with van der Waals surface area (Å²) < 4.78 is 16.7. The summed E-state index contributed by atoms with van der Waals surface area (Å²) in [6.07, 6.45) is 1.71. The van der Waals surface area contributed by atoms with Crippen molar-refractivity contribution in [1.29, 1.82) is 0 Å². The van der Waals surface area contributed by atoms with Crippen molar-refractivity contribution in [3.8, 4) is 11.5 Å². The molecular formula is C21H29N3O4. The number of rotatable bonds is 7. The predicted molar refractivity (Wildman–Crippen MR) is 106 cm³/mol. The zero-order chi connectivity index (χ0) is 20.1. The third kappa shape index (κ3) is 4.47. The molecular weight excluding hydrogens is 358 g/mol. The lowest BCUT2D eigenvalue weighted by atomic mass is 10.1. The summed E-state index contributed by atoms with van der Waals surface area (Å²) in [5.41, 5.74) is 2.36. The molecule has 0 radical (unpaired) electrons. The van der Waals surface area contributed by atoms with E-state index in [9.17, 15) is 4.79 Å². The Kier molecular flexibility index (Phi) is 6.57. The summed E-state index contributed by atoms with van der Waals surface area (Å²) in [5.74, 6) is 2.16. The van der Waals surface area contributed by atoms with Crippen LogP contribution in [-0.2, 0) is 13.0 Å². The average molecular weight is 387 g/mol. The van der Waals surface area contributed by atoms with Gasteiger partial charge >= 0.3 is 0 Å². The second kappa shape index (κ2) is 9.10. The highest BCUT2D eigenvalue weighted by atomic mass is 16.5. The van der Waals surface area contributed by atoms with Crippen LogP contribution in [0.15, 0.2) is 22.7 Å². The quantitative estimate of drug-likeness (QED) is 0.787. The highest BCUT2D eigenvalue weighted by Gasteiger charge is 2.23. The number of benzene rings is 1. The van der Waals surface area contributed by atoms with E-state index in [0.29, 0.717) is 30.0 Å². The minimum Gasteiger partial charge on any atom is -0.497 e. The molecule has 1 aliphatic rings. The van der Waals surface area contributed by atoms with Crippen LogP contribution in [0.5, 0.6) is 11.5 Å². The number of fused-ring (bicyclic) bond motifs is 1. The van der Waals surface area contributed by atoms with Crippen molar-refractivity contribution >= 4 is 5.91 Å². The molecule has 2 heterocycles. The lowest BCUT2D eigenvalue weighted by Crippen LogP contribution is -2.38. The molecule has 1 aromatic heterocycles. The number of methoxy groups -OCH3 is 1. The Hall–Kier alpha value is -2.54. The number of nitrogens with zero attached hydrogens (tertiary/aromatic N) is 2. The molecule has 28 heavy (non-hydrogen) atoms. The maximum absolute atomic E-state index is 12.5. The summed E-state index contributed by atoms with van der Waals surface area (Å²) in [5, 5.41) is 6.95. The molecule has 1 unspecified atom stereocenters. The van der Waals surface area contributed by atoms with E-state index in [-0.39, 0.29) is 12.0 Å². The highest BCUT2D eigenvalue weighted by Crippen LogP contribution is 2.29. The minimum atomic E-state index is -0.129. The van der Waals surface area contributed by atoms with Gasteiger partial charge in [-0.15, -0.1) is 0 Å². The van der Waals surface area contributed by atoms with Crippen LogP contribution < -0.4 is 14.8 Å². The number of hydrogen-bond donors (Lipinski definition) is 1. The number of aromatic nitrogens is 1. The van der Waals surface area contributed by atoms with Gasteiger partial charge in [0, 0.05) is 31.7 Å². The van der Waals surface area contributed by atoms with Crippen LogP contribution in [0, 0.1) is 6.92 Å². The van der Waals surface area contributed by atoms with E-state index in [0.717, 1.165) is 43.1 Å². The smallest absolute Gasteiger partial charge is 0.256 e. The van der Waals surface area contributed by atoms with Gasteiger partial charge in [-0.1, -0.05) is 19.0 Å². The third-order valence-electron chi connectivity index (χ3n) is 5.08.